The molecule has 0 N–H and O–H groups in total. The summed E-state index contributed by atoms with van der Waals surface area (Å²) in [4.78, 5) is 0. The van der Waals surface area contributed by atoms with Crippen LogP contribution in [0, 0.1) is 11.2 Å². The van der Waals surface area contributed by atoms with Crippen molar-refractivity contribution in [1.82, 2.24) is 0 Å². The predicted octanol–water partition coefficient (Wildman–Crippen LogP) is 4.31. The van der Waals surface area contributed by atoms with Crippen LogP contribution in [0.15, 0.2) is 18.2 Å². The molecule has 0 unspecified atom stereocenters. The Balaban J connectivity index is 3.00. The van der Waals surface area contributed by atoms with Crippen LogP contribution in [-0.4, -0.2) is 6.36 Å². The lowest BCUT2D eigenvalue weighted by atomic mass is 9.88. The maximum absolute atomic E-state index is 13.7. The van der Waals surface area contributed by atoms with E-state index in [2.05, 4.69) is 4.74 Å². The zero-order valence-electron chi connectivity index (χ0n) is 9.86. The summed E-state index contributed by atoms with van der Waals surface area (Å²) in [6.07, 6.45) is -4.53. The van der Waals surface area contributed by atoms with Crippen LogP contribution in [-0.2, 0) is 6.42 Å². The molecule has 0 spiro atoms. The number of ether oxygens (including phenoxy) is 1. The van der Waals surface area contributed by atoms with Crippen LogP contribution in [0.25, 0.3) is 0 Å². The minimum absolute atomic E-state index is 0.211. The maximum Gasteiger partial charge on any atom is 0.573 e. The molecule has 0 saturated heterocycles. The Kier molecular flexibility index (Phi) is 3.69. The fraction of sp³-hybridized carbons (Fsp3) is 0.500. The van der Waals surface area contributed by atoms with E-state index in [0.717, 1.165) is 6.07 Å². The molecule has 96 valence electrons. The van der Waals surface area contributed by atoms with Crippen molar-refractivity contribution in [3.63, 3.8) is 0 Å². The van der Waals surface area contributed by atoms with Gasteiger partial charge < -0.3 is 4.74 Å². The van der Waals surface area contributed by atoms with Gasteiger partial charge in [-0.15, -0.1) is 13.2 Å². The molecule has 0 aliphatic rings. The average Bonchev–Trinajstić information content (AvgIpc) is 2.07. The molecule has 17 heavy (non-hydrogen) atoms. The average molecular weight is 250 g/mol. The minimum Gasteiger partial charge on any atom is -0.403 e. The van der Waals surface area contributed by atoms with Gasteiger partial charge >= 0.3 is 6.36 Å². The molecule has 0 heterocycles. The highest BCUT2D eigenvalue weighted by molar-refractivity contribution is 5.31. The molecule has 0 amide bonds. The lowest BCUT2D eigenvalue weighted by Gasteiger charge is -2.19. The Morgan fingerprint density at radius 2 is 1.71 bits per heavy atom. The first kappa shape index (κ1) is 13.8. The third-order valence-corrected chi connectivity index (χ3v) is 1.99. The number of halogens is 4. The smallest absolute Gasteiger partial charge is 0.403 e. The summed E-state index contributed by atoms with van der Waals surface area (Å²) in [7, 11) is 0. The van der Waals surface area contributed by atoms with E-state index in [-0.39, 0.29) is 11.0 Å². The van der Waals surface area contributed by atoms with Crippen molar-refractivity contribution < 1.29 is 22.3 Å². The zero-order valence-corrected chi connectivity index (χ0v) is 9.86. The molecule has 0 bridgehead atoms. The molecule has 0 radical (unpaired) electrons. The Labute approximate surface area is 97.4 Å². The van der Waals surface area contributed by atoms with E-state index < -0.39 is 17.9 Å². The van der Waals surface area contributed by atoms with E-state index in [1.54, 1.807) is 0 Å². The second-order valence-electron chi connectivity index (χ2n) is 5.01. The first-order valence-electron chi connectivity index (χ1n) is 5.12. The van der Waals surface area contributed by atoms with Gasteiger partial charge in [-0.3, -0.25) is 0 Å². The van der Waals surface area contributed by atoms with Gasteiger partial charge in [-0.25, -0.2) is 4.39 Å². The van der Waals surface area contributed by atoms with Crippen molar-refractivity contribution in [2.45, 2.75) is 33.6 Å². The highest BCUT2D eigenvalue weighted by Gasteiger charge is 2.32. The van der Waals surface area contributed by atoms with Crippen LogP contribution in [0.2, 0.25) is 0 Å². The quantitative estimate of drug-likeness (QED) is 0.710. The van der Waals surface area contributed by atoms with Gasteiger partial charge in [0.2, 0.25) is 0 Å². The second kappa shape index (κ2) is 4.55. The number of hydrogen-bond acceptors (Lipinski definition) is 1. The van der Waals surface area contributed by atoms with Crippen molar-refractivity contribution in [3.8, 4) is 5.75 Å². The molecule has 0 aliphatic carbocycles. The fourth-order valence-corrected chi connectivity index (χ4v) is 1.47. The maximum atomic E-state index is 13.7. The van der Waals surface area contributed by atoms with Crippen LogP contribution < -0.4 is 4.74 Å². The molecule has 0 atom stereocenters. The normalized spacial score (nSPS) is 12.6. The third kappa shape index (κ3) is 4.63. The first-order chi connectivity index (χ1) is 7.58. The van der Waals surface area contributed by atoms with E-state index in [1.165, 1.54) is 12.1 Å². The monoisotopic (exact) mass is 250 g/mol. The standard InChI is InChI=1S/C12H14F4O/c1-11(2,3)7-8-5-4-6-9(10(8)13)17-12(14,15)16/h4-6H,7H2,1-3H3. The van der Waals surface area contributed by atoms with E-state index in [4.69, 9.17) is 0 Å². The minimum atomic E-state index is -4.87. The molecule has 1 aromatic carbocycles. The lowest BCUT2D eigenvalue weighted by Crippen LogP contribution is -2.19. The predicted molar refractivity (Wildman–Crippen MR) is 56.2 cm³/mol. The zero-order chi connectivity index (χ0) is 13.3. The van der Waals surface area contributed by atoms with Crippen LogP contribution in [0.5, 0.6) is 5.75 Å². The van der Waals surface area contributed by atoms with Crippen molar-refractivity contribution >= 4 is 0 Å². The molecule has 0 saturated carbocycles. The van der Waals surface area contributed by atoms with Gasteiger partial charge in [0.05, 0.1) is 0 Å². The summed E-state index contributed by atoms with van der Waals surface area (Å²) in [5, 5.41) is 0. The van der Waals surface area contributed by atoms with E-state index in [0.29, 0.717) is 6.42 Å². The van der Waals surface area contributed by atoms with Gasteiger partial charge in [-0.05, 0) is 23.5 Å². The Morgan fingerprint density at radius 3 is 2.18 bits per heavy atom. The molecule has 5 heteroatoms. The van der Waals surface area contributed by atoms with Gasteiger partial charge in [0.25, 0.3) is 0 Å². The Morgan fingerprint density at radius 1 is 1.12 bits per heavy atom. The van der Waals surface area contributed by atoms with Crippen molar-refractivity contribution in [1.29, 1.82) is 0 Å². The number of benzene rings is 1. The molecule has 0 aliphatic heterocycles. The summed E-state index contributed by atoms with van der Waals surface area (Å²) in [5.41, 5.74) is 0.0109. The lowest BCUT2D eigenvalue weighted by molar-refractivity contribution is -0.275. The van der Waals surface area contributed by atoms with Gasteiger partial charge in [0.1, 0.15) is 0 Å². The summed E-state index contributed by atoms with van der Waals surface area (Å²) in [6, 6.07) is 3.78. The number of alkyl halides is 3. The van der Waals surface area contributed by atoms with E-state index >= 15 is 0 Å². The molecular formula is C12H14F4O. The second-order valence-corrected chi connectivity index (χ2v) is 5.01. The van der Waals surface area contributed by atoms with Crippen LogP contribution in [0.4, 0.5) is 17.6 Å². The van der Waals surface area contributed by atoms with Gasteiger partial charge in [-0.2, -0.15) is 0 Å². The Hall–Kier alpha value is -1.26. The summed E-state index contributed by atoms with van der Waals surface area (Å²) in [5.74, 6) is -1.72. The first-order valence-corrected chi connectivity index (χ1v) is 5.12. The molecule has 0 fully saturated rings. The molecule has 0 aromatic heterocycles. The SMILES string of the molecule is CC(C)(C)Cc1cccc(OC(F)(F)F)c1F. The van der Waals surface area contributed by atoms with Crippen molar-refractivity contribution in [2.75, 3.05) is 0 Å². The topological polar surface area (TPSA) is 9.23 Å². The van der Waals surface area contributed by atoms with Crippen LogP contribution in [0.3, 0.4) is 0 Å². The van der Waals surface area contributed by atoms with Gasteiger partial charge in [0, 0.05) is 0 Å². The van der Waals surface area contributed by atoms with Crippen molar-refractivity contribution in [3.05, 3.63) is 29.6 Å². The van der Waals surface area contributed by atoms with Gasteiger partial charge in [0.15, 0.2) is 11.6 Å². The highest BCUT2D eigenvalue weighted by Crippen LogP contribution is 2.30. The largest absolute Gasteiger partial charge is 0.573 e. The summed E-state index contributed by atoms with van der Waals surface area (Å²) in [6.45, 7) is 5.64. The number of rotatable bonds is 2. The van der Waals surface area contributed by atoms with Gasteiger partial charge in [-0.1, -0.05) is 32.9 Å². The van der Waals surface area contributed by atoms with Crippen LogP contribution in [0.1, 0.15) is 26.3 Å². The third-order valence-electron chi connectivity index (χ3n) is 1.99. The fourth-order valence-electron chi connectivity index (χ4n) is 1.47. The van der Waals surface area contributed by atoms with E-state index in [1.807, 2.05) is 20.8 Å². The summed E-state index contributed by atoms with van der Waals surface area (Å²) < 4.78 is 53.3. The number of hydrogen-bond donors (Lipinski definition) is 0. The highest BCUT2D eigenvalue weighted by atomic mass is 19.4. The van der Waals surface area contributed by atoms with Crippen LogP contribution >= 0.6 is 0 Å². The molecule has 1 rings (SSSR count). The van der Waals surface area contributed by atoms with Crippen molar-refractivity contribution in [2.24, 2.45) is 5.41 Å². The molecule has 1 aromatic rings. The van der Waals surface area contributed by atoms with E-state index in [9.17, 15) is 17.6 Å². The summed E-state index contributed by atoms with van der Waals surface area (Å²) >= 11 is 0. The Bertz CT molecular complexity index is 356. The molecule has 1 nitrogen and oxygen atoms in total. The molecular weight excluding hydrogens is 236 g/mol.